The molecule has 0 fully saturated rings. The van der Waals surface area contributed by atoms with Gasteiger partial charge < -0.3 is 5.32 Å². The van der Waals surface area contributed by atoms with Crippen LogP contribution in [0.1, 0.15) is 37.6 Å². The van der Waals surface area contributed by atoms with E-state index in [1.54, 1.807) is 11.3 Å². The molecule has 0 saturated carbocycles. The lowest BCUT2D eigenvalue weighted by molar-refractivity contribution is 0.0936. The first kappa shape index (κ1) is 13.0. The van der Waals surface area contributed by atoms with Crippen molar-refractivity contribution in [2.45, 2.75) is 33.2 Å². The van der Waals surface area contributed by atoms with E-state index in [0.29, 0.717) is 5.92 Å². The Labute approximate surface area is 109 Å². The summed E-state index contributed by atoms with van der Waals surface area (Å²) in [6.07, 6.45) is 1.02. The van der Waals surface area contributed by atoms with Gasteiger partial charge in [-0.05, 0) is 47.9 Å². The van der Waals surface area contributed by atoms with Gasteiger partial charge in [-0.3, -0.25) is 4.79 Å². The quantitative estimate of drug-likeness (QED) is 0.837. The van der Waals surface area contributed by atoms with Crippen LogP contribution in [0.5, 0.6) is 0 Å². The maximum Gasteiger partial charge on any atom is 0.252 e. The molecule has 84 valence electrons. The molecule has 1 aromatic heterocycles. The van der Waals surface area contributed by atoms with Crippen molar-refractivity contribution in [1.82, 2.24) is 5.32 Å². The molecule has 0 aromatic carbocycles. The van der Waals surface area contributed by atoms with E-state index in [0.717, 1.165) is 14.9 Å². The van der Waals surface area contributed by atoms with Gasteiger partial charge in [0.15, 0.2) is 0 Å². The zero-order valence-electron chi connectivity index (χ0n) is 9.21. The molecule has 4 heteroatoms. The number of amides is 1. The monoisotopic (exact) mass is 337 g/mol. The Bertz CT molecular complexity index is 335. The lowest BCUT2D eigenvalue weighted by atomic mass is 10.1. The smallest absolute Gasteiger partial charge is 0.252 e. The third kappa shape index (κ3) is 4.51. The van der Waals surface area contributed by atoms with Gasteiger partial charge in [0, 0.05) is 11.4 Å². The van der Waals surface area contributed by atoms with Crippen LogP contribution in [0.15, 0.2) is 11.4 Å². The first-order chi connectivity index (χ1) is 6.99. The summed E-state index contributed by atoms with van der Waals surface area (Å²) in [5.74, 6) is 0.658. The minimum absolute atomic E-state index is 0.0438. The second kappa shape index (κ2) is 5.84. The molecular formula is C11H16INOS. The number of carbonyl (C=O) groups is 1. The molecule has 1 heterocycles. The zero-order chi connectivity index (χ0) is 11.4. The number of hydrogen-bond acceptors (Lipinski definition) is 2. The fourth-order valence-corrected chi connectivity index (χ4v) is 2.83. The van der Waals surface area contributed by atoms with Crippen LogP contribution in [-0.4, -0.2) is 11.9 Å². The average molecular weight is 337 g/mol. The number of thiophene rings is 1. The molecule has 1 unspecified atom stereocenters. The molecule has 1 N–H and O–H groups in total. The molecule has 0 bridgehead atoms. The summed E-state index contributed by atoms with van der Waals surface area (Å²) in [4.78, 5) is 11.7. The van der Waals surface area contributed by atoms with Crippen LogP contribution in [0.4, 0.5) is 0 Å². The molecule has 0 aliphatic rings. The molecule has 0 radical (unpaired) electrons. The standard InChI is InChI=1S/C11H16INOS/c1-7(2)4-8(3)13-11(14)9-5-10(12)15-6-9/h5-8H,4H2,1-3H3,(H,13,14). The van der Waals surface area contributed by atoms with E-state index in [1.165, 1.54) is 0 Å². The highest BCUT2D eigenvalue weighted by Gasteiger charge is 2.11. The van der Waals surface area contributed by atoms with Crippen molar-refractivity contribution in [3.05, 3.63) is 19.9 Å². The van der Waals surface area contributed by atoms with Gasteiger partial charge in [0.1, 0.15) is 0 Å². The van der Waals surface area contributed by atoms with Crippen molar-refractivity contribution < 1.29 is 4.79 Å². The van der Waals surface area contributed by atoms with E-state index in [1.807, 2.05) is 11.4 Å². The van der Waals surface area contributed by atoms with Crippen LogP contribution in [0, 0.1) is 8.80 Å². The van der Waals surface area contributed by atoms with E-state index >= 15 is 0 Å². The third-order valence-electron chi connectivity index (χ3n) is 2.03. The first-order valence-electron chi connectivity index (χ1n) is 5.04. The van der Waals surface area contributed by atoms with E-state index in [9.17, 15) is 4.79 Å². The number of carbonyl (C=O) groups excluding carboxylic acids is 1. The molecule has 1 amide bonds. The second-order valence-electron chi connectivity index (χ2n) is 4.14. The van der Waals surface area contributed by atoms with Gasteiger partial charge in [-0.25, -0.2) is 0 Å². The Balaban J connectivity index is 2.49. The molecule has 1 aromatic rings. The van der Waals surface area contributed by atoms with Gasteiger partial charge in [0.2, 0.25) is 0 Å². The lowest BCUT2D eigenvalue weighted by Crippen LogP contribution is -2.33. The maximum atomic E-state index is 11.7. The molecule has 2 nitrogen and oxygen atoms in total. The first-order valence-corrected chi connectivity index (χ1v) is 6.99. The van der Waals surface area contributed by atoms with E-state index < -0.39 is 0 Å². The van der Waals surface area contributed by atoms with Crippen molar-refractivity contribution in [3.8, 4) is 0 Å². The van der Waals surface area contributed by atoms with Gasteiger partial charge >= 0.3 is 0 Å². The summed E-state index contributed by atoms with van der Waals surface area (Å²) in [6.45, 7) is 6.38. The van der Waals surface area contributed by atoms with Crippen molar-refractivity contribution >= 4 is 39.8 Å². The van der Waals surface area contributed by atoms with Crippen LogP contribution >= 0.6 is 33.9 Å². The summed E-state index contributed by atoms with van der Waals surface area (Å²) in [5, 5.41) is 4.91. The van der Waals surface area contributed by atoms with Crippen molar-refractivity contribution in [2.75, 3.05) is 0 Å². The Morgan fingerprint density at radius 3 is 2.67 bits per heavy atom. The molecule has 0 spiro atoms. The molecule has 0 saturated heterocycles. The average Bonchev–Trinajstić information content (AvgIpc) is 2.49. The van der Waals surface area contributed by atoms with E-state index in [-0.39, 0.29) is 11.9 Å². The molecule has 0 aliphatic carbocycles. The summed E-state index contributed by atoms with van der Waals surface area (Å²) < 4.78 is 1.15. The van der Waals surface area contributed by atoms with Gasteiger partial charge in [0.25, 0.3) is 5.91 Å². The number of nitrogens with one attached hydrogen (secondary N) is 1. The highest BCUT2D eigenvalue weighted by molar-refractivity contribution is 14.1. The van der Waals surface area contributed by atoms with Crippen LogP contribution in [0.2, 0.25) is 0 Å². The lowest BCUT2D eigenvalue weighted by Gasteiger charge is -2.15. The molecule has 1 atom stereocenters. The van der Waals surface area contributed by atoms with Gasteiger partial charge in [-0.1, -0.05) is 13.8 Å². The van der Waals surface area contributed by atoms with Gasteiger partial charge in [-0.15, -0.1) is 11.3 Å². The van der Waals surface area contributed by atoms with Crippen molar-refractivity contribution in [3.63, 3.8) is 0 Å². The second-order valence-corrected chi connectivity index (χ2v) is 6.95. The Kier molecular flexibility index (Phi) is 5.05. The Morgan fingerprint density at radius 1 is 1.53 bits per heavy atom. The minimum Gasteiger partial charge on any atom is -0.350 e. The minimum atomic E-state index is 0.0438. The van der Waals surface area contributed by atoms with Crippen LogP contribution in [0.3, 0.4) is 0 Å². The Hall–Kier alpha value is -0.100. The SMILES string of the molecule is CC(C)CC(C)NC(=O)c1csc(I)c1. The molecule has 0 aliphatic heterocycles. The highest BCUT2D eigenvalue weighted by Crippen LogP contribution is 2.16. The number of rotatable bonds is 4. The van der Waals surface area contributed by atoms with Gasteiger partial charge in [-0.2, -0.15) is 0 Å². The van der Waals surface area contributed by atoms with Crippen LogP contribution in [-0.2, 0) is 0 Å². The fourth-order valence-electron chi connectivity index (χ4n) is 1.50. The number of halogens is 1. The highest BCUT2D eigenvalue weighted by atomic mass is 127. The van der Waals surface area contributed by atoms with Crippen molar-refractivity contribution in [2.24, 2.45) is 5.92 Å². The zero-order valence-corrected chi connectivity index (χ0v) is 12.2. The normalized spacial score (nSPS) is 12.9. The fraction of sp³-hybridized carbons (Fsp3) is 0.545. The largest absolute Gasteiger partial charge is 0.350 e. The number of hydrogen-bond donors (Lipinski definition) is 1. The van der Waals surface area contributed by atoms with Crippen LogP contribution < -0.4 is 5.32 Å². The molecule has 1 rings (SSSR count). The van der Waals surface area contributed by atoms with E-state index in [2.05, 4.69) is 48.7 Å². The topological polar surface area (TPSA) is 29.1 Å². The predicted octanol–water partition coefficient (Wildman–Crippen LogP) is 3.52. The predicted molar refractivity (Wildman–Crippen MR) is 73.4 cm³/mol. The third-order valence-corrected chi connectivity index (χ3v) is 3.82. The van der Waals surface area contributed by atoms with Gasteiger partial charge in [0.05, 0.1) is 8.45 Å². The Morgan fingerprint density at radius 2 is 2.20 bits per heavy atom. The van der Waals surface area contributed by atoms with Crippen molar-refractivity contribution in [1.29, 1.82) is 0 Å². The summed E-state index contributed by atoms with van der Waals surface area (Å²) in [6, 6.07) is 2.16. The summed E-state index contributed by atoms with van der Waals surface area (Å²) >= 11 is 3.83. The molecular weight excluding hydrogens is 321 g/mol. The van der Waals surface area contributed by atoms with E-state index in [4.69, 9.17) is 0 Å². The van der Waals surface area contributed by atoms with Crippen LogP contribution in [0.25, 0.3) is 0 Å². The summed E-state index contributed by atoms with van der Waals surface area (Å²) in [7, 11) is 0. The molecule has 15 heavy (non-hydrogen) atoms. The maximum absolute atomic E-state index is 11.7. The summed E-state index contributed by atoms with van der Waals surface area (Å²) in [5.41, 5.74) is 0.778.